The van der Waals surface area contributed by atoms with Crippen LogP contribution in [0.1, 0.15) is 22.8 Å². The lowest BCUT2D eigenvalue weighted by molar-refractivity contribution is -0.130. The maximum atomic E-state index is 12.7. The van der Waals surface area contributed by atoms with Gasteiger partial charge in [0, 0.05) is 57.0 Å². The van der Waals surface area contributed by atoms with Gasteiger partial charge in [-0.1, -0.05) is 12.1 Å². The maximum Gasteiger partial charge on any atom is 0.258 e. The molecule has 9 nitrogen and oxygen atoms in total. The normalized spacial score (nSPS) is 13.8. The second kappa shape index (κ2) is 9.38. The lowest BCUT2D eigenvalue weighted by atomic mass is 10.1. The minimum atomic E-state index is -0.205. The fourth-order valence-corrected chi connectivity index (χ4v) is 3.46. The molecule has 0 radical (unpaired) electrons. The summed E-state index contributed by atoms with van der Waals surface area (Å²) >= 11 is 0. The van der Waals surface area contributed by atoms with E-state index < -0.39 is 0 Å². The van der Waals surface area contributed by atoms with Crippen molar-refractivity contribution in [3.63, 3.8) is 0 Å². The summed E-state index contributed by atoms with van der Waals surface area (Å²) in [4.78, 5) is 37.5. The van der Waals surface area contributed by atoms with Gasteiger partial charge in [0.15, 0.2) is 0 Å². The van der Waals surface area contributed by atoms with Gasteiger partial charge in [-0.15, -0.1) is 0 Å². The van der Waals surface area contributed by atoms with Crippen LogP contribution >= 0.6 is 0 Å². The number of anilines is 2. The van der Waals surface area contributed by atoms with Gasteiger partial charge >= 0.3 is 0 Å². The van der Waals surface area contributed by atoms with Crippen LogP contribution in [0, 0.1) is 0 Å². The van der Waals surface area contributed by atoms with Crippen molar-refractivity contribution in [2.75, 3.05) is 36.4 Å². The van der Waals surface area contributed by atoms with E-state index in [1.807, 2.05) is 36.1 Å². The van der Waals surface area contributed by atoms with Crippen LogP contribution in [0.25, 0.3) is 0 Å². The summed E-state index contributed by atoms with van der Waals surface area (Å²) in [6.45, 7) is 5.41. The van der Waals surface area contributed by atoms with Gasteiger partial charge in [0.1, 0.15) is 0 Å². The molecule has 1 fully saturated rings. The van der Waals surface area contributed by atoms with Crippen LogP contribution in [0.3, 0.4) is 0 Å². The first-order valence-electron chi connectivity index (χ1n) is 10.3. The van der Waals surface area contributed by atoms with Gasteiger partial charge < -0.3 is 15.1 Å². The summed E-state index contributed by atoms with van der Waals surface area (Å²) in [6.07, 6.45) is 7.05. The van der Waals surface area contributed by atoms with Gasteiger partial charge in [-0.25, -0.2) is 9.97 Å². The number of aryl methyl sites for hydroxylation is 1. The highest BCUT2D eigenvalue weighted by atomic mass is 16.2. The number of hydrogen-bond donors (Lipinski definition) is 1. The third kappa shape index (κ3) is 5.06. The van der Waals surface area contributed by atoms with Crippen LogP contribution in [-0.4, -0.2) is 62.6 Å². The highest BCUT2D eigenvalue weighted by Crippen LogP contribution is 2.14. The lowest BCUT2D eigenvalue weighted by Crippen LogP contribution is -2.49. The van der Waals surface area contributed by atoms with Crippen molar-refractivity contribution < 1.29 is 9.59 Å². The van der Waals surface area contributed by atoms with E-state index in [2.05, 4.69) is 25.3 Å². The average Bonchev–Trinajstić information content (AvgIpc) is 3.31. The van der Waals surface area contributed by atoms with Crippen molar-refractivity contribution in [1.82, 2.24) is 24.6 Å². The Balaban J connectivity index is 1.28. The number of nitrogens with one attached hydrogen (secondary N) is 1. The Hall–Kier alpha value is -3.75. The van der Waals surface area contributed by atoms with Gasteiger partial charge in [-0.05, 0) is 30.7 Å². The van der Waals surface area contributed by atoms with E-state index in [4.69, 9.17) is 0 Å². The van der Waals surface area contributed by atoms with Crippen LogP contribution < -0.4 is 10.2 Å². The Bertz CT molecular complexity index is 1030. The fraction of sp³-hybridized carbons (Fsp3) is 0.318. The molecule has 3 aromatic rings. The van der Waals surface area contributed by atoms with Gasteiger partial charge in [0.25, 0.3) is 5.91 Å². The summed E-state index contributed by atoms with van der Waals surface area (Å²) in [7, 11) is 0. The molecule has 1 aliphatic heterocycles. The molecule has 4 rings (SSSR count). The van der Waals surface area contributed by atoms with E-state index in [1.165, 1.54) is 0 Å². The predicted octanol–water partition coefficient (Wildman–Crippen LogP) is 1.84. The molecule has 160 valence electrons. The SMILES string of the molecule is CCn1cc(C(=O)Nc2ccc(CC(=O)N3CCN(c4ncccn4)CC3)cc2)cn1. The van der Waals surface area contributed by atoms with E-state index in [9.17, 15) is 9.59 Å². The number of carbonyl (C=O) groups excluding carboxylic acids is 2. The van der Waals surface area contributed by atoms with Crippen molar-refractivity contribution in [3.05, 3.63) is 66.2 Å². The van der Waals surface area contributed by atoms with E-state index in [0.717, 1.165) is 18.7 Å². The molecule has 1 saturated heterocycles. The van der Waals surface area contributed by atoms with Crippen LogP contribution in [0.2, 0.25) is 0 Å². The van der Waals surface area contributed by atoms with Crippen molar-refractivity contribution in [1.29, 1.82) is 0 Å². The molecular weight excluding hydrogens is 394 g/mol. The molecule has 0 atom stereocenters. The smallest absolute Gasteiger partial charge is 0.258 e. The second-order valence-corrected chi connectivity index (χ2v) is 7.33. The van der Waals surface area contributed by atoms with Gasteiger partial charge in [0.2, 0.25) is 11.9 Å². The monoisotopic (exact) mass is 419 g/mol. The summed E-state index contributed by atoms with van der Waals surface area (Å²) in [6, 6.07) is 9.17. The predicted molar refractivity (Wildman–Crippen MR) is 117 cm³/mol. The maximum absolute atomic E-state index is 12.7. The summed E-state index contributed by atoms with van der Waals surface area (Å²) in [5.74, 6) is 0.593. The van der Waals surface area contributed by atoms with Crippen molar-refractivity contribution in [3.8, 4) is 0 Å². The quantitative estimate of drug-likeness (QED) is 0.655. The minimum Gasteiger partial charge on any atom is -0.339 e. The molecular formula is C22H25N7O2. The molecule has 0 spiro atoms. The van der Waals surface area contributed by atoms with Gasteiger partial charge in [-0.3, -0.25) is 14.3 Å². The summed E-state index contributed by atoms with van der Waals surface area (Å²) in [5.41, 5.74) is 2.11. The number of carbonyl (C=O) groups is 2. The summed E-state index contributed by atoms with van der Waals surface area (Å²) in [5, 5.41) is 6.97. The third-order valence-corrected chi connectivity index (χ3v) is 5.25. The molecule has 1 N–H and O–H groups in total. The second-order valence-electron chi connectivity index (χ2n) is 7.33. The molecule has 3 heterocycles. The fourth-order valence-electron chi connectivity index (χ4n) is 3.46. The Morgan fingerprint density at radius 3 is 2.39 bits per heavy atom. The molecule has 0 saturated carbocycles. The minimum absolute atomic E-state index is 0.0948. The molecule has 1 aliphatic rings. The highest BCUT2D eigenvalue weighted by molar-refractivity contribution is 6.03. The number of piperazine rings is 1. The Kier molecular flexibility index (Phi) is 6.21. The van der Waals surface area contributed by atoms with Crippen molar-refractivity contribution in [2.45, 2.75) is 19.9 Å². The molecule has 0 aliphatic carbocycles. The first kappa shape index (κ1) is 20.5. The number of amides is 2. The zero-order chi connectivity index (χ0) is 21.6. The van der Waals surface area contributed by atoms with E-state index in [0.29, 0.717) is 43.3 Å². The molecule has 0 unspecified atom stereocenters. The van der Waals surface area contributed by atoms with Crippen molar-refractivity contribution >= 4 is 23.5 Å². The zero-order valence-corrected chi connectivity index (χ0v) is 17.4. The number of nitrogens with zero attached hydrogens (tertiary/aromatic N) is 6. The Labute approximate surface area is 180 Å². The van der Waals surface area contributed by atoms with Crippen LogP contribution in [0.4, 0.5) is 11.6 Å². The third-order valence-electron chi connectivity index (χ3n) is 5.25. The Morgan fingerprint density at radius 2 is 1.74 bits per heavy atom. The molecule has 0 bridgehead atoms. The molecule has 2 amide bonds. The number of rotatable bonds is 6. The van der Waals surface area contributed by atoms with E-state index in [-0.39, 0.29) is 11.8 Å². The first-order valence-corrected chi connectivity index (χ1v) is 10.3. The highest BCUT2D eigenvalue weighted by Gasteiger charge is 2.22. The van der Waals surface area contributed by atoms with E-state index in [1.54, 1.807) is 35.5 Å². The largest absolute Gasteiger partial charge is 0.339 e. The van der Waals surface area contributed by atoms with Gasteiger partial charge in [0.05, 0.1) is 18.2 Å². The van der Waals surface area contributed by atoms with Crippen LogP contribution in [0.5, 0.6) is 0 Å². The Morgan fingerprint density at radius 1 is 1.03 bits per heavy atom. The lowest BCUT2D eigenvalue weighted by Gasteiger charge is -2.34. The van der Waals surface area contributed by atoms with E-state index >= 15 is 0 Å². The number of hydrogen-bond acceptors (Lipinski definition) is 6. The molecule has 31 heavy (non-hydrogen) atoms. The zero-order valence-electron chi connectivity index (χ0n) is 17.4. The topological polar surface area (TPSA) is 96.2 Å². The molecule has 2 aromatic heterocycles. The molecule has 1 aromatic carbocycles. The first-order chi connectivity index (χ1) is 15.1. The number of benzene rings is 1. The molecule has 9 heteroatoms. The van der Waals surface area contributed by atoms with Crippen LogP contribution in [0.15, 0.2) is 55.1 Å². The van der Waals surface area contributed by atoms with Gasteiger partial charge in [-0.2, -0.15) is 5.10 Å². The van der Waals surface area contributed by atoms with Crippen molar-refractivity contribution in [2.24, 2.45) is 0 Å². The summed E-state index contributed by atoms with van der Waals surface area (Å²) < 4.78 is 1.70. The standard InChI is InChI=1S/C22H25N7O2/c1-2-29-16-18(15-25-29)21(31)26-19-6-4-17(5-7-19)14-20(30)27-10-12-28(13-11-27)22-23-8-3-9-24-22/h3-9,15-16H,2,10-14H2,1H3,(H,26,31). The van der Waals surface area contributed by atoms with Crippen LogP contribution in [-0.2, 0) is 17.8 Å². The average molecular weight is 419 g/mol. The number of aromatic nitrogens is 4.